The third-order valence-corrected chi connectivity index (χ3v) is 1.47. The van der Waals surface area contributed by atoms with Crippen molar-refractivity contribution in [3.8, 4) is 11.6 Å². The molecule has 0 aliphatic carbocycles. The van der Waals surface area contributed by atoms with Crippen LogP contribution in [0, 0.1) is 0 Å². The van der Waals surface area contributed by atoms with Gasteiger partial charge in [0.1, 0.15) is 11.5 Å². The molecule has 8 nitrogen and oxygen atoms in total. The largest absolute Gasteiger partial charge is 0.382 e. The highest BCUT2D eigenvalue weighted by Gasteiger charge is 2.13. The molecule has 0 bridgehead atoms. The Bertz CT molecular complexity index is 472. The van der Waals surface area contributed by atoms with Crippen molar-refractivity contribution in [2.24, 2.45) is 5.73 Å². The lowest BCUT2D eigenvalue weighted by Gasteiger charge is -1.82. The van der Waals surface area contributed by atoms with Crippen LogP contribution < -0.4 is 11.5 Å². The zero-order valence-electron chi connectivity index (χ0n) is 6.89. The molecule has 0 unspecified atom stereocenters. The Morgan fingerprint density at radius 2 is 2.36 bits per heavy atom. The molecule has 14 heavy (non-hydrogen) atoms. The van der Waals surface area contributed by atoms with Gasteiger partial charge in [-0.1, -0.05) is 5.16 Å². The Balaban J connectivity index is 2.38. The van der Waals surface area contributed by atoms with Gasteiger partial charge in [0.05, 0.1) is 0 Å². The first-order valence-corrected chi connectivity index (χ1v) is 3.61. The van der Waals surface area contributed by atoms with E-state index in [1.165, 1.54) is 6.07 Å². The van der Waals surface area contributed by atoms with Gasteiger partial charge in [0.2, 0.25) is 0 Å². The van der Waals surface area contributed by atoms with Crippen molar-refractivity contribution >= 4 is 11.7 Å². The molecule has 0 spiro atoms. The van der Waals surface area contributed by atoms with E-state index in [1.54, 1.807) is 0 Å². The maximum Gasteiger partial charge on any atom is 0.290 e. The number of nitrogens with one attached hydrogen (secondary N) is 1. The van der Waals surface area contributed by atoms with E-state index in [-0.39, 0.29) is 11.7 Å². The van der Waals surface area contributed by atoms with Crippen molar-refractivity contribution in [3.63, 3.8) is 0 Å². The van der Waals surface area contributed by atoms with Gasteiger partial charge >= 0.3 is 0 Å². The standard InChI is InChI=1S/C6H6N6O2/c7-3-1-2(10-11-3)6-9-5(4(8)13)12-14-6/h1H,(H2,8,13)(H3,7,10,11). The first kappa shape index (κ1) is 8.23. The fourth-order valence-electron chi connectivity index (χ4n) is 0.880. The zero-order valence-corrected chi connectivity index (χ0v) is 6.89. The predicted molar refractivity (Wildman–Crippen MR) is 44.8 cm³/mol. The van der Waals surface area contributed by atoms with E-state index in [4.69, 9.17) is 16.0 Å². The van der Waals surface area contributed by atoms with Crippen LogP contribution in [0.25, 0.3) is 11.6 Å². The molecule has 0 aromatic carbocycles. The van der Waals surface area contributed by atoms with Gasteiger partial charge in [0.15, 0.2) is 0 Å². The number of anilines is 1. The molecular weight excluding hydrogens is 188 g/mol. The Morgan fingerprint density at radius 3 is 2.86 bits per heavy atom. The fourth-order valence-corrected chi connectivity index (χ4v) is 0.880. The summed E-state index contributed by atoms with van der Waals surface area (Å²) in [6, 6.07) is 1.50. The predicted octanol–water partition coefficient (Wildman–Crippen LogP) is -0.859. The minimum absolute atomic E-state index is 0.114. The lowest BCUT2D eigenvalue weighted by Crippen LogP contribution is -2.12. The van der Waals surface area contributed by atoms with Crippen molar-refractivity contribution < 1.29 is 9.32 Å². The number of amides is 1. The number of nitrogens with zero attached hydrogens (tertiary/aromatic N) is 3. The molecule has 0 radical (unpaired) electrons. The third kappa shape index (κ3) is 1.28. The van der Waals surface area contributed by atoms with E-state index in [0.717, 1.165) is 0 Å². The van der Waals surface area contributed by atoms with Gasteiger partial charge in [-0.3, -0.25) is 9.89 Å². The Kier molecular flexibility index (Phi) is 1.67. The van der Waals surface area contributed by atoms with Crippen molar-refractivity contribution in [1.82, 2.24) is 20.3 Å². The highest BCUT2D eigenvalue weighted by atomic mass is 16.5. The number of aromatic nitrogens is 4. The van der Waals surface area contributed by atoms with E-state index in [0.29, 0.717) is 11.5 Å². The molecule has 5 N–H and O–H groups in total. The molecule has 0 atom stereocenters. The lowest BCUT2D eigenvalue weighted by molar-refractivity contribution is 0.0987. The second-order valence-corrected chi connectivity index (χ2v) is 2.49. The highest BCUT2D eigenvalue weighted by Crippen LogP contribution is 2.15. The molecule has 0 saturated heterocycles. The van der Waals surface area contributed by atoms with Crippen molar-refractivity contribution in [2.45, 2.75) is 0 Å². The summed E-state index contributed by atoms with van der Waals surface area (Å²) in [6.07, 6.45) is 0. The lowest BCUT2D eigenvalue weighted by atomic mass is 10.4. The zero-order chi connectivity index (χ0) is 10.1. The average molecular weight is 194 g/mol. The van der Waals surface area contributed by atoms with Gasteiger partial charge < -0.3 is 16.0 Å². The van der Waals surface area contributed by atoms with Crippen molar-refractivity contribution in [1.29, 1.82) is 0 Å². The van der Waals surface area contributed by atoms with Crippen LogP contribution in [0.1, 0.15) is 10.6 Å². The maximum absolute atomic E-state index is 10.6. The number of hydrogen-bond acceptors (Lipinski definition) is 6. The van der Waals surface area contributed by atoms with Crippen LogP contribution in [0.4, 0.5) is 5.82 Å². The molecule has 72 valence electrons. The Morgan fingerprint density at radius 1 is 1.57 bits per heavy atom. The fraction of sp³-hybridized carbons (Fsp3) is 0. The van der Waals surface area contributed by atoms with Crippen LogP contribution in [0.2, 0.25) is 0 Å². The molecule has 2 aromatic heterocycles. The number of nitrogen functional groups attached to an aromatic ring is 1. The molecule has 0 saturated carbocycles. The monoisotopic (exact) mass is 194 g/mol. The van der Waals surface area contributed by atoms with E-state index < -0.39 is 5.91 Å². The molecular formula is C6H6N6O2. The maximum atomic E-state index is 10.6. The normalized spacial score (nSPS) is 10.3. The molecule has 0 aliphatic heterocycles. The van der Waals surface area contributed by atoms with E-state index in [2.05, 4.69) is 20.3 Å². The second kappa shape index (κ2) is 2.83. The van der Waals surface area contributed by atoms with E-state index >= 15 is 0 Å². The second-order valence-electron chi connectivity index (χ2n) is 2.49. The topological polar surface area (TPSA) is 137 Å². The van der Waals surface area contributed by atoms with Gasteiger partial charge in [-0.15, -0.1) is 0 Å². The van der Waals surface area contributed by atoms with E-state index in [9.17, 15) is 4.79 Å². The SMILES string of the molecule is NC(=O)c1noc(-c2cc(N)n[nH]2)n1. The van der Waals surface area contributed by atoms with Crippen LogP contribution in [-0.4, -0.2) is 26.2 Å². The average Bonchev–Trinajstić information content (AvgIpc) is 2.70. The summed E-state index contributed by atoms with van der Waals surface area (Å²) in [5, 5.41) is 9.56. The number of H-pyrrole nitrogens is 1. The molecule has 0 fully saturated rings. The number of primary amides is 1. The smallest absolute Gasteiger partial charge is 0.290 e. The molecule has 0 aliphatic rings. The van der Waals surface area contributed by atoms with Gasteiger partial charge in [-0.2, -0.15) is 10.1 Å². The summed E-state index contributed by atoms with van der Waals surface area (Å²) in [5.41, 5.74) is 10.7. The van der Waals surface area contributed by atoms with Gasteiger partial charge in [-0.05, 0) is 0 Å². The Labute approximate surface area is 77.3 Å². The number of carbonyl (C=O) groups excluding carboxylic acids is 1. The quantitative estimate of drug-likeness (QED) is 0.568. The van der Waals surface area contributed by atoms with Crippen LogP contribution in [0.15, 0.2) is 10.6 Å². The summed E-state index contributed by atoms with van der Waals surface area (Å²) in [5.74, 6) is -0.539. The van der Waals surface area contributed by atoms with Crippen molar-refractivity contribution in [2.75, 3.05) is 5.73 Å². The number of rotatable bonds is 2. The summed E-state index contributed by atoms with van der Waals surface area (Å²) < 4.78 is 4.74. The first-order chi connectivity index (χ1) is 6.66. The van der Waals surface area contributed by atoms with Crippen LogP contribution >= 0.6 is 0 Å². The summed E-state index contributed by atoms with van der Waals surface area (Å²) in [4.78, 5) is 14.4. The van der Waals surface area contributed by atoms with E-state index in [1.807, 2.05) is 0 Å². The van der Waals surface area contributed by atoms with Gasteiger partial charge in [-0.25, -0.2) is 0 Å². The van der Waals surface area contributed by atoms with Gasteiger partial charge in [0.25, 0.3) is 17.6 Å². The summed E-state index contributed by atoms with van der Waals surface area (Å²) in [7, 11) is 0. The van der Waals surface area contributed by atoms with Crippen LogP contribution in [0.3, 0.4) is 0 Å². The molecule has 1 amide bonds. The van der Waals surface area contributed by atoms with Crippen molar-refractivity contribution in [3.05, 3.63) is 11.9 Å². The van der Waals surface area contributed by atoms with Crippen LogP contribution in [0.5, 0.6) is 0 Å². The first-order valence-electron chi connectivity index (χ1n) is 3.61. The number of hydrogen-bond donors (Lipinski definition) is 3. The summed E-state index contributed by atoms with van der Waals surface area (Å²) >= 11 is 0. The Hall–Kier alpha value is -2.38. The number of nitrogens with two attached hydrogens (primary N) is 2. The molecule has 2 rings (SSSR count). The van der Waals surface area contributed by atoms with Crippen LogP contribution in [-0.2, 0) is 0 Å². The minimum atomic E-state index is -0.757. The molecule has 8 heteroatoms. The van der Waals surface area contributed by atoms with Gasteiger partial charge in [0, 0.05) is 6.07 Å². The molecule has 2 aromatic rings. The summed E-state index contributed by atoms with van der Waals surface area (Å²) in [6.45, 7) is 0. The third-order valence-electron chi connectivity index (χ3n) is 1.47. The molecule has 2 heterocycles. The number of aromatic amines is 1. The highest BCUT2D eigenvalue weighted by molar-refractivity contribution is 5.88. The minimum Gasteiger partial charge on any atom is -0.382 e. The number of carbonyl (C=O) groups is 1.